The quantitative estimate of drug-likeness (QED) is 0.836. The molecule has 1 amide bonds. The zero-order valence-electron chi connectivity index (χ0n) is 13.8. The highest BCUT2D eigenvalue weighted by atomic mass is 16.5. The van der Waals surface area contributed by atoms with Crippen LogP contribution in [0.15, 0.2) is 21.3 Å². The topological polar surface area (TPSA) is 88.8 Å². The summed E-state index contributed by atoms with van der Waals surface area (Å²) in [5, 5.41) is 13.4. The summed E-state index contributed by atoms with van der Waals surface area (Å²) in [5.41, 5.74) is 1.43. The van der Waals surface area contributed by atoms with Crippen molar-refractivity contribution in [1.29, 1.82) is 0 Å². The molecular formula is C18H21NO5. The van der Waals surface area contributed by atoms with Crippen molar-refractivity contribution in [1.82, 2.24) is 5.32 Å². The van der Waals surface area contributed by atoms with Gasteiger partial charge in [-0.3, -0.25) is 4.79 Å². The van der Waals surface area contributed by atoms with Crippen LogP contribution in [0.4, 0.5) is 0 Å². The maximum atomic E-state index is 12.2. The summed E-state index contributed by atoms with van der Waals surface area (Å²) >= 11 is 0. The van der Waals surface area contributed by atoms with Crippen LogP contribution in [0.3, 0.4) is 0 Å². The summed E-state index contributed by atoms with van der Waals surface area (Å²) in [5.74, 6) is -0.209. The molecule has 2 heterocycles. The molecule has 0 spiro atoms. The molecule has 1 fully saturated rings. The van der Waals surface area contributed by atoms with Gasteiger partial charge in [-0.1, -0.05) is 0 Å². The lowest BCUT2D eigenvalue weighted by Crippen LogP contribution is -2.34. The minimum absolute atomic E-state index is 0.0484. The molecule has 0 unspecified atom stereocenters. The molecule has 0 bridgehead atoms. The second-order valence-corrected chi connectivity index (χ2v) is 6.27. The SMILES string of the molecule is Cc1cc(O)c2c(C)c(CC(=O)NC[C@@H]3CCCO3)c(=O)oc2c1. The first-order valence-corrected chi connectivity index (χ1v) is 8.10. The average molecular weight is 331 g/mol. The number of hydrogen-bond acceptors (Lipinski definition) is 5. The number of nitrogens with one attached hydrogen (secondary N) is 1. The Labute approximate surface area is 139 Å². The van der Waals surface area contributed by atoms with E-state index in [9.17, 15) is 14.7 Å². The summed E-state index contributed by atoms with van der Waals surface area (Å²) in [6.07, 6.45) is 1.91. The molecule has 1 saturated heterocycles. The van der Waals surface area contributed by atoms with Gasteiger partial charge in [-0.15, -0.1) is 0 Å². The zero-order chi connectivity index (χ0) is 17.3. The van der Waals surface area contributed by atoms with Crippen LogP contribution in [0.25, 0.3) is 11.0 Å². The van der Waals surface area contributed by atoms with Crippen LogP contribution < -0.4 is 10.9 Å². The number of amides is 1. The molecule has 2 N–H and O–H groups in total. The van der Waals surface area contributed by atoms with Gasteiger partial charge in [0.15, 0.2) is 0 Å². The van der Waals surface area contributed by atoms with Gasteiger partial charge >= 0.3 is 5.63 Å². The summed E-state index contributed by atoms with van der Waals surface area (Å²) in [4.78, 5) is 24.4. The van der Waals surface area contributed by atoms with E-state index < -0.39 is 5.63 Å². The molecular weight excluding hydrogens is 310 g/mol. The Balaban J connectivity index is 1.83. The molecule has 1 aliphatic rings. The predicted octanol–water partition coefficient (Wildman–Crippen LogP) is 1.95. The van der Waals surface area contributed by atoms with Crippen molar-refractivity contribution >= 4 is 16.9 Å². The van der Waals surface area contributed by atoms with E-state index in [2.05, 4.69) is 5.32 Å². The molecule has 1 aliphatic heterocycles. The number of phenols is 1. The molecule has 6 nitrogen and oxygen atoms in total. The van der Waals surface area contributed by atoms with Gasteiger partial charge in [-0.2, -0.15) is 0 Å². The number of rotatable bonds is 4. The minimum atomic E-state index is -0.544. The van der Waals surface area contributed by atoms with Gasteiger partial charge in [0.05, 0.1) is 23.5 Å². The summed E-state index contributed by atoms with van der Waals surface area (Å²) in [7, 11) is 0. The first kappa shape index (κ1) is 16.5. The molecule has 1 atom stereocenters. The third-order valence-electron chi connectivity index (χ3n) is 4.39. The van der Waals surface area contributed by atoms with E-state index in [1.807, 2.05) is 0 Å². The summed E-state index contributed by atoms with van der Waals surface area (Å²) < 4.78 is 10.8. The molecule has 1 aromatic heterocycles. The maximum absolute atomic E-state index is 12.2. The minimum Gasteiger partial charge on any atom is -0.507 e. The van der Waals surface area contributed by atoms with Crippen molar-refractivity contribution in [2.45, 2.75) is 39.2 Å². The van der Waals surface area contributed by atoms with Crippen LogP contribution in [0.5, 0.6) is 5.75 Å². The van der Waals surface area contributed by atoms with Crippen molar-refractivity contribution in [3.63, 3.8) is 0 Å². The molecule has 2 aromatic rings. The lowest BCUT2D eigenvalue weighted by atomic mass is 10.0. The number of hydrogen-bond donors (Lipinski definition) is 2. The molecule has 128 valence electrons. The fourth-order valence-corrected chi connectivity index (χ4v) is 3.12. The molecule has 3 rings (SSSR count). The van der Waals surface area contributed by atoms with Crippen LogP contribution >= 0.6 is 0 Å². The fraction of sp³-hybridized carbons (Fsp3) is 0.444. The Morgan fingerprint density at radius 1 is 1.38 bits per heavy atom. The first-order chi connectivity index (χ1) is 11.5. The average Bonchev–Trinajstić information content (AvgIpc) is 3.01. The van der Waals surface area contributed by atoms with Gasteiger partial charge in [0.2, 0.25) is 5.91 Å². The van der Waals surface area contributed by atoms with Gasteiger partial charge in [-0.25, -0.2) is 4.79 Å². The van der Waals surface area contributed by atoms with E-state index in [1.54, 1.807) is 26.0 Å². The Hall–Kier alpha value is -2.34. The van der Waals surface area contributed by atoms with Crippen LogP contribution in [-0.2, 0) is 16.0 Å². The summed E-state index contributed by atoms with van der Waals surface area (Å²) in [6.45, 7) is 4.70. The standard InChI is InChI=1S/C18H21NO5/c1-10-6-14(20)17-11(2)13(18(22)24-15(17)7-10)8-16(21)19-9-12-4-3-5-23-12/h6-7,12,20H,3-5,8-9H2,1-2H3,(H,19,21)/t12-/m0/s1. The second kappa shape index (κ2) is 6.65. The lowest BCUT2D eigenvalue weighted by Gasteiger charge is -2.12. The van der Waals surface area contributed by atoms with Crippen molar-refractivity contribution < 1.29 is 19.1 Å². The molecule has 0 aliphatic carbocycles. The number of aromatic hydroxyl groups is 1. The van der Waals surface area contributed by atoms with Gasteiger partial charge < -0.3 is 19.6 Å². The number of carbonyl (C=O) groups excluding carboxylic acids is 1. The Bertz CT molecular complexity index is 833. The third-order valence-corrected chi connectivity index (χ3v) is 4.39. The monoisotopic (exact) mass is 331 g/mol. The number of benzene rings is 1. The van der Waals surface area contributed by atoms with E-state index in [1.165, 1.54) is 0 Å². The largest absolute Gasteiger partial charge is 0.507 e. The molecule has 1 aromatic carbocycles. The van der Waals surface area contributed by atoms with Crippen molar-refractivity contribution in [2.75, 3.05) is 13.2 Å². The predicted molar refractivity (Wildman–Crippen MR) is 89.3 cm³/mol. The van der Waals surface area contributed by atoms with E-state index in [0.717, 1.165) is 25.0 Å². The highest BCUT2D eigenvalue weighted by Crippen LogP contribution is 2.29. The Morgan fingerprint density at radius 2 is 2.17 bits per heavy atom. The Morgan fingerprint density at radius 3 is 2.88 bits per heavy atom. The van der Waals surface area contributed by atoms with Crippen LogP contribution in [0, 0.1) is 13.8 Å². The van der Waals surface area contributed by atoms with E-state index in [0.29, 0.717) is 23.1 Å². The van der Waals surface area contributed by atoms with Crippen LogP contribution in [-0.4, -0.2) is 30.3 Å². The van der Waals surface area contributed by atoms with Gasteiger partial charge in [0.25, 0.3) is 0 Å². The fourth-order valence-electron chi connectivity index (χ4n) is 3.12. The zero-order valence-corrected chi connectivity index (χ0v) is 13.8. The van der Waals surface area contributed by atoms with Crippen molar-refractivity contribution in [2.24, 2.45) is 0 Å². The number of ether oxygens (including phenoxy) is 1. The highest BCUT2D eigenvalue weighted by Gasteiger charge is 2.19. The third kappa shape index (κ3) is 3.28. The van der Waals surface area contributed by atoms with Gasteiger partial charge in [-0.05, 0) is 49.9 Å². The van der Waals surface area contributed by atoms with Gasteiger partial charge in [0.1, 0.15) is 11.3 Å². The van der Waals surface area contributed by atoms with Gasteiger partial charge in [0, 0.05) is 13.2 Å². The molecule has 0 radical (unpaired) electrons. The Kier molecular flexibility index (Phi) is 4.57. The first-order valence-electron chi connectivity index (χ1n) is 8.10. The number of carbonyl (C=O) groups is 1. The highest BCUT2D eigenvalue weighted by molar-refractivity contribution is 5.89. The molecule has 6 heteroatoms. The molecule has 0 saturated carbocycles. The normalized spacial score (nSPS) is 17.3. The van der Waals surface area contributed by atoms with Crippen molar-refractivity contribution in [3.8, 4) is 5.75 Å². The second-order valence-electron chi connectivity index (χ2n) is 6.27. The van der Waals surface area contributed by atoms with E-state index in [-0.39, 0.29) is 29.7 Å². The number of aryl methyl sites for hydroxylation is 2. The van der Waals surface area contributed by atoms with E-state index in [4.69, 9.17) is 9.15 Å². The van der Waals surface area contributed by atoms with Crippen LogP contribution in [0.1, 0.15) is 29.5 Å². The van der Waals surface area contributed by atoms with Crippen molar-refractivity contribution in [3.05, 3.63) is 39.2 Å². The lowest BCUT2D eigenvalue weighted by molar-refractivity contribution is -0.121. The van der Waals surface area contributed by atoms with E-state index >= 15 is 0 Å². The maximum Gasteiger partial charge on any atom is 0.340 e. The summed E-state index contributed by atoms with van der Waals surface area (Å²) in [6, 6.07) is 3.31. The number of fused-ring (bicyclic) bond motifs is 1. The molecule has 24 heavy (non-hydrogen) atoms. The number of phenolic OH excluding ortho intramolecular Hbond substituents is 1. The van der Waals surface area contributed by atoms with Crippen LogP contribution in [0.2, 0.25) is 0 Å². The smallest absolute Gasteiger partial charge is 0.340 e.